The lowest BCUT2D eigenvalue weighted by Gasteiger charge is -2.26. The molecular weight excluding hydrogens is 290 g/mol. The Morgan fingerprint density at radius 2 is 2.05 bits per heavy atom. The smallest absolute Gasteiger partial charge is 0.306 e. The first-order valence-electron chi connectivity index (χ1n) is 5.84. The maximum atomic E-state index is 11.1. The molecule has 1 aromatic heterocycles. The summed E-state index contributed by atoms with van der Waals surface area (Å²) in [6.45, 7) is 0. The van der Waals surface area contributed by atoms with Crippen molar-refractivity contribution in [3.8, 4) is 0 Å². The van der Waals surface area contributed by atoms with Crippen LogP contribution < -0.4 is 10.5 Å². The van der Waals surface area contributed by atoms with Gasteiger partial charge < -0.3 is 10.4 Å². The molecule has 0 atom stereocenters. The number of carboxylic acids is 1. The quantitative estimate of drug-likeness (QED) is 0.757. The SMILES string of the molecule is NS(=O)(=O)c1cnc(NC2CCC(C(=O)O)CC2)s1. The minimum absolute atomic E-state index is 0.0224. The van der Waals surface area contributed by atoms with E-state index in [1.54, 1.807) is 0 Å². The zero-order valence-electron chi connectivity index (χ0n) is 10.1. The Bertz CT molecular complexity index is 561. The second kappa shape index (κ2) is 5.43. The van der Waals surface area contributed by atoms with Gasteiger partial charge in [-0.1, -0.05) is 11.3 Å². The number of primary sulfonamides is 1. The molecule has 0 radical (unpaired) electrons. The summed E-state index contributed by atoms with van der Waals surface area (Å²) in [6.07, 6.45) is 3.95. The second-order valence-electron chi connectivity index (χ2n) is 4.56. The lowest BCUT2D eigenvalue weighted by Crippen LogP contribution is -2.29. The van der Waals surface area contributed by atoms with E-state index in [4.69, 9.17) is 10.2 Å². The fourth-order valence-corrected chi connectivity index (χ4v) is 3.64. The normalized spacial score (nSPS) is 24.1. The highest BCUT2D eigenvalue weighted by molar-refractivity contribution is 7.91. The molecular formula is C10H15N3O4S2. The number of rotatable bonds is 4. The molecule has 1 aliphatic rings. The van der Waals surface area contributed by atoms with Crippen molar-refractivity contribution in [3.05, 3.63) is 6.20 Å². The first-order valence-corrected chi connectivity index (χ1v) is 8.20. The number of anilines is 1. The van der Waals surface area contributed by atoms with Gasteiger partial charge in [0, 0.05) is 6.04 Å². The molecule has 106 valence electrons. The van der Waals surface area contributed by atoms with Gasteiger partial charge in [0.15, 0.2) is 9.34 Å². The van der Waals surface area contributed by atoms with Crippen molar-refractivity contribution in [2.24, 2.45) is 11.1 Å². The third kappa shape index (κ3) is 3.64. The number of carboxylic acid groups (broad SMARTS) is 1. The van der Waals surface area contributed by atoms with Crippen molar-refractivity contribution in [1.82, 2.24) is 4.98 Å². The summed E-state index contributed by atoms with van der Waals surface area (Å²) in [7, 11) is -3.70. The third-order valence-electron chi connectivity index (χ3n) is 3.17. The highest BCUT2D eigenvalue weighted by Crippen LogP contribution is 2.29. The summed E-state index contributed by atoms with van der Waals surface area (Å²) in [6, 6.07) is 0.134. The van der Waals surface area contributed by atoms with Crippen LogP contribution in [0.1, 0.15) is 25.7 Å². The van der Waals surface area contributed by atoms with Crippen LogP contribution in [0.5, 0.6) is 0 Å². The van der Waals surface area contributed by atoms with Gasteiger partial charge in [-0.15, -0.1) is 0 Å². The number of nitrogens with one attached hydrogen (secondary N) is 1. The van der Waals surface area contributed by atoms with Crippen LogP contribution in [0.25, 0.3) is 0 Å². The molecule has 0 aromatic carbocycles. The largest absolute Gasteiger partial charge is 0.481 e. The number of sulfonamides is 1. The molecule has 0 spiro atoms. The number of thiazole rings is 1. The predicted octanol–water partition coefficient (Wildman–Crippen LogP) is 0.846. The Morgan fingerprint density at radius 1 is 1.42 bits per heavy atom. The van der Waals surface area contributed by atoms with Gasteiger partial charge in [0.1, 0.15) is 0 Å². The van der Waals surface area contributed by atoms with Crippen molar-refractivity contribution >= 4 is 32.5 Å². The van der Waals surface area contributed by atoms with Crippen LogP contribution in [0.15, 0.2) is 10.4 Å². The van der Waals surface area contributed by atoms with E-state index in [-0.39, 0.29) is 16.2 Å². The topological polar surface area (TPSA) is 122 Å². The van der Waals surface area contributed by atoms with E-state index in [1.165, 1.54) is 6.20 Å². The third-order valence-corrected chi connectivity index (χ3v) is 5.51. The number of carbonyl (C=O) groups is 1. The van der Waals surface area contributed by atoms with Gasteiger partial charge in [-0.05, 0) is 25.7 Å². The molecule has 7 nitrogen and oxygen atoms in total. The zero-order valence-corrected chi connectivity index (χ0v) is 11.7. The molecule has 2 rings (SSSR count). The van der Waals surface area contributed by atoms with E-state index in [0.29, 0.717) is 18.0 Å². The molecule has 0 amide bonds. The summed E-state index contributed by atoms with van der Waals surface area (Å²) < 4.78 is 22.2. The Balaban J connectivity index is 1.93. The molecule has 4 N–H and O–H groups in total. The number of nitrogens with zero attached hydrogens (tertiary/aromatic N) is 1. The molecule has 1 heterocycles. The molecule has 0 saturated heterocycles. The maximum absolute atomic E-state index is 11.1. The van der Waals surface area contributed by atoms with Crippen LogP contribution in [-0.4, -0.2) is 30.5 Å². The van der Waals surface area contributed by atoms with E-state index in [9.17, 15) is 13.2 Å². The highest BCUT2D eigenvalue weighted by Gasteiger charge is 2.26. The monoisotopic (exact) mass is 305 g/mol. The van der Waals surface area contributed by atoms with E-state index in [0.717, 1.165) is 24.2 Å². The second-order valence-corrected chi connectivity index (χ2v) is 7.38. The van der Waals surface area contributed by atoms with Gasteiger partial charge in [-0.2, -0.15) is 0 Å². The van der Waals surface area contributed by atoms with E-state index in [1.807, 2.05) is 0 Å². The van der Waals surface area contributed by atoms with Gasteiger partial charge >= 0.3 is 5.97 Å². The fourth-order valence-electron chi connectivity index (χ4n) is 2.12. The van der Waals surface area contributed by atoms with Gasteiger partial charge in [-0.3, -0.25) is 4.79 Å². The summed E-state index contributed by atoms with van der Waals surface area (Å²) in [5.41, 5.74) is 0. The Kier molecular flexibility index (Phi) is 4.07. The molecule has 9 heteroatoms. The van der Waals surface area contributed by atoms with Gasteiger partial charge in [0.25, 0.3) is 0 Å². The molecule has 1 aromatic rings. The minimum atomic E-state index is -3.70. The number of nitrogens with two attached hydrogens (primary N) is 1. The van der Waals surface area contributed by atoms with Crippen LogP contribution >= 0.6 is 11.3 Å². The number of hydrogen-bond donors (Lipinski definition) is 3. The molecule has 0 bridgehead atoms. The number of hydrogen-bond acceptors (Lipinski definition) is 6. The van der Waals surface area contributed by atoms with Crippen molar-refractivity contribution in [2.45, 2.75) is 35.9 Å². The summed E-state index contributed by atoms with van der Waals surface area (Å²) >= 11 is 0.989. The lowest BCUT2D eigenvalue weighted by atomic mass is 9.86. The van der Waals surface area contributed by atoms with Gasteiger partial charge in [0.2, 0.25) is 10.0 Å². The minimum Gasteiger partial charge on any atom is -0.481 e. The summed E-state index contributed by atoms with van der Waals surface area (Å²) in [4.78, 5) is 14.8. The standard InChI is InChI=1S/C10H15N3O4S2/c11-19(16,17)8-5-12-10(18-8)13-7-3-1-6(2-4-7)9(14)15/h5-7H,1-4H2,(H,12,13)(H,14,15)(H2,11,16,17). The van der Waals surface area contributed by atoms with Crippen molar-refractivity contribution < 1.29 is 18.3 Å². The maximum Gasteiger partial charge on any atom is 0.306 e. The Hall–Kier alpha value is -1.19. The highest BCUT2D eigenvalue weighted by atomic mass is 32.2. The average molecular weight is 305 g/mol. The Morgan fingerprint density at radius 3 is 2.53 bits per heavy atom. The van der Waals surface area contributed by atoms with Crippen molar-refractivity contribution in [1.29, 1.82) is 0 Å². The summed E-state index contributed by atoms with van der Waals surface area (Å²) in [5.74, 6) is -1.02. The lowest BCUT2D eigenvalue weighted by molar-refractivity contribution is -0.142. The Labute approximate surface area is 114 Å². The van der Waals surface area contributed by atoms with Crippen LogP contribution in [0, 0.1) is 5.92 Å². The van der Waals surface area contributed by atoms with Gasteiger partial charge in [-0.25, -0.2) is 18.5 Å². The number of aliphatic carboxylic acids is 1. The van der Waals surface area contributed by atoms with Crippen LogP contribution in [0.2, 0.25) is 0 Å². The molecule has 1 saturated carbocycles. The van der Waals surface area contributed by atoms with Gasteiger partial charge in [0.05, 0.1) is 12.1 Å². The zero-order chi connectivity index (χ0) is 14.0. The van der Waals surface area contributed by atoms with Crippen LogP contribution in [0.3, 0.4) is 0 Å². The first kappa shape index (κ1) is 14.2. The fraction of sp³-hybridized carbons (Fsp3) is 0.600. The molecule has 1 fully saturated rings. The number of aromatic nitrogens is 1. The molecule has 0 aliphatic heterocycles. The van der Waals surface area contributed by atoms with Crippen LogP contribution in [0.4, 0.5) is 5.13 Å². The molecule has 0 unspecified atom stereocenters. The van der Waals surface area contributed by atoms with Crippen molar-refractivity contribution in [2.75, 3.05) is 5.32 Å². The van der Waals surface area contributed by atoms with Crippen LogP contribution in [-0.2, 0) is 14.8 Å². The molecule has 1 aliphatic carbocycles. The summed E-state index contributed by atoms with van der Waals surface area (Å²) in [5, 5.41) is 17.5. The van der Waals surface area contributed by atoms with E-state index in [2.05, 4.69) is 10.3 Å². The van der Waals surface area contributed by atoms with Crippen molar-refractivity contribution in [3.63, 3.8) is 0 Å². The first-order chi connectivity index (χ1) is 8.86. The molecule has 19 heavy (non-hydrogen) atoms. The average Bonchev–Trinajstić information content (AvgIpc) is 2.78. The van der Waals surface area contributed by atoms with E-state index < -0.39 is 16.0 Å². The predicted molar refractivity (Wildman–Crippen MR) is 70.5 cm³/mol. The van der Waals surface area contributed by atoms with E-state index >= 15 is 0 Å².